The van der Waals surface area contributed by atoms with Crippen molar-refractivity contribution in [2.75, 3.05) is 0 Å². The van der Waals surface area contributed by atoms with E-state index in [1.807, 2.05) is 0 Å². The fourth-order valence-corrected chi connectivity index (χ4v) is 1.67. The van der Waals surface area contributed by atoms with Gasteiger partial charge in [-0.3, -0.25) is 0 Å². The van der Waals surface area contributed by atoms with Gasteiger partial charge in [0, 0.05) is 12.5 Å². The highest BCUT2D eigenvalue weighted by Crippen LogP contribution is 2.22. The summed E-state index contributed by atoms with van der Waals surface area (Å²) in [7, 11) is 0. The number of halogens is 2. The molecule has 0 bridgehead atoms. The zero-order chi connectivity index (χ0) is 14.5. The Bertz CT molecular complexity index is 572. The maximum absolute atomic E-state index is 13.1. The van der Waals surface area contributed by atoms with Crippen LogP contribution in [0.2, 0.25) is 0 Å². The molecule has 0 spiro atoms. The summed E-state index contributed by atoms with van der Waals surface area (Å²) in [6.45, 7) is 3.79. The SMILES string of the molecule is CCCCc1noc(C(C)Oc2ccc(F)c(F)c2)n1. The van der Waals surface area contributed by atoms with Crippen molar-refractivity contribution in [2.45, 2.75) is 39.2 Å². The minimum atomic E-state index is -0.955. The third-order valence-corrected chi connectivity index (χ3v) is 2.79. The van der Waals surface area contributed by atoms with Gasteiger partial charge in [0.1, 0.15) is 5.75 Å². The first-order valence-corrected chi connectivity index (χ1v) is 6.54. The van der Waals surface area contributed by atoms with E-state index in [0.717, 1.165) is 31.4 Å². The van der Waals surface area contributed by atoms with Crippen molar-refractivity contribution in [1.82, 2.24) is 10.1 Å². The molecule has 0 saturated carbocycles. The molecule has 1 aromatic heterocycles. The molecule has 1 atom stereocenters. The first-order valence-electron chi connectivity index (χ1n) is 6.54. The molecule has 0 fully saturated rings. The summed E-state index contributed by atoms with van der Waals surface area (Å²) in [5, 5.41) is 3.85. The molecule has 108 valence electrons. The van der Waals surface area contributed by atoms with Gasteiger partial charge in [-0.25, -0.2) is 8.78 Å². The number of unbranched alkanes of at least 4 members (excludes halogenated alkanes) is 1. The topological polar surface area (TPSA) is 48.2 Å². The molecule has 0 aliphatic rings. The van der Waals surface area contributed by atoms with Gasteiger partial charge >= 0.3 is 0 Å². The molecule has 0 aliphatic carbocycles. The number of hydrogen-bond donors (Lipinski definition) is 0. The van der Waals surface area contributed by atoms with Crippen LogP contribution >= 0.6 is 0 Å². The summed E-state index contributed by atoms with van der Waals surface area (Å²) in [5.74, 6) is -0.707. The highest BCUT2D eigenvalue weighted by molar-refractivity contribution is 5.24. The van der Waals surface area contributed by atoms with E-state index in [1.165, 1.54) is 6.07 Å². The standard InChI is InChI=1S/C14H16F2N2O2/c1-3-4-5-13-17-14(20-18-13)9(2)19-10-6-7-11(15)12(16)8-10/h6-9H,3-5H2,1-2H3. The minimum absolute atomic E-state index is 0.213. The van der Waals surface area contributed by atoms with Crippen LogP contribution in [0.3, 0.4) is 0 Å². The normalized spacial score (nSPS) is 12.4. The quantitative estimate of drug-likeness (QED) is 0.808. The zero-order valence-electron chi connectivity index (χ0n) is 11.4. The highest BCUT2D eigenvalue weighted by Gasteiger charge is 2.16. The largest absolute Gasteiger partial charge is 0.481 e. The molecule has 6 heteroatoms. The van der Waals surface area contributed by atoms with Gasteiger partial charge in [0.2, 0.25) is 0 Å². The molecular weight excluding hydrogens is 266 g/mol. The average Bonchev–Trinajstić information content (AvgIpc) is 2.89. The summed E-state index contributed by atoms with van der Waals surface area (Å²) >= 11 is 0. The van der Waals surface area contributed by atoms with Gasteiger partial charge in [-0.1, -0.05) is 18.5 Å². The fourth-order valence-electron chi connectivity index (χ4n) is 1.67. The Morgan fingerprint density at radius 3 is 2.80 bits per heavy atom. The van der Waals surface area contributed by atoms with Crippen molar-refractivity contribution < 1.29 is 18.0 Å². The Hall–Kier alpha value is -1.98. The zero-order valence-corrected chi connectivity index (χ0v) is 11.4. The number of hydrogen-bond acceptors (Lipinski definition) is 4. The van der Waals surface area contributed by atoms with Gasteiger partial charge in [0.25, 0.3) is 5.89 Å². The van der Waals surface area contributed by atoms with Crippen LogP contribution in [0.15, 0.2) is 22.7 Å². The predicted octanol–water partition coefficient (Wildman–Crippen LogP) is 3.83. The Labute approximate surface area is 115 Å². The minimum Gasteiger partial charge on any atom is -0.481 e. The second-order valence-electron chi connectivity index (χ2n) is 4.49. The monoisotopic (exact) mass is 282 g/mol. The van der Waals surface area contributed by atoms with Crippen LogP contribution in [0.25, 0.3) is 0 Å². The van der Waals surface area contributed by atoms with Gasteiger partial charge in [0.05, 0.1) is 0 Å². The molecule has 0 saturated heterocycles. The third kappa shape index (κ3) is 3.53. The van der Waals surface area contributed by atoms with E-state index in [-0.39, 0.29) is 5.75 Å². The van der Waals surface area contributed by atoms with Crippen molar-refractivity contribution in [3.05, 3.63) is 41.5 Å². The summed E-state index contributed by atoms with van der Waals surface area (Å²) in [5.41, 5.74) is 0. The van der Waals surface area contributed by atoms with E-state index >= 15 is 0 Å². The summed E-state index contributed by atoms with van der Waals surface area (Å²) in [6, 6.07) is 3.35. The van der Waals surface area contributed by atoms with Crippen LogP contribution in [-0.4, -0.2) is 10.1 Å². The molecule has 2 rings (SSSR count). The predicted molar refractivity (Wildman–Crippen MR) is 68.3 cm³/mol. The summed E-state index contributed by atoms with van der Waals surface area (Å²) in [4.78, 5) is 4.21. The number of rotatable bonds is 6. The fraction of sp³-hybridized carbons (Fsp3) is 0.429. The Morgan fingerprint density at radius 1 is 1.30 bits per heavy atom. The van der Waals surface area contributed by atoms with Gasteiger partial charge in [-0.05, 0) is 25.5 Å². The number of aryl methyl sites for hydroxylation is 1. The molecule has 1 unspecified atom stereocenters. The van der Waals surface area contributed by atoms with Crippen molar-refractivity contribution >= 4 is 0 Å². The Balaban J connectivity index is 2.01. The van der Waals surface area contributed by atoms with E-state index in [9.17, 15) is 8.78 Å². The summed E-state index contributed by atoms with van der Waals surface area (Å²) in [6.07, 6.45) is 2.25. The average molecular weight is 282 g/mol. The number of nitrogens with zero attached hydrogens (tertiary/aromatic N) is 2. The molecular formula is C14H16F2N2O2. The molecule has 0 aliphatic heterocycles. The smallest absolute Gasteiger partial charge is 0.267 e. The maximum Gasteiger partial charge on any atom is 0.267 e. The van der Waals surface area contributed by atoms with Crippen LogP contribution in [0.5, 0.6) is 5.75 Å². The third-order valence-electron chi connectivity index (χ3n) is 2.79. The van der Waals surface area contributed by atoms with E-state index < -0.39 is 17.7 Å². The lowest BCUT2D eigenvalue weighted by molar-refractivity contribution is 0.174. The molecule has 4 nitrogen and oxygen atoms in total. The van der Waals surface area contributed by atoms with Crippen LogP contribution in [0.4, 0.5) is 8.78 Å². The van der Waals surface area contributed by atoms with Gasteiger partial charge < -0.3 is 9.26 Å². The Morgan fingerprint density at radius 2 is 2.10 bits per heavy atom. The lowest BCUT2D eigenvalue weighted by atomic mass is 10.2. The van der Waals surface area contributed by atoms with Gasteiger partial charge in [-0.2, -0.15) is 4.98 Å². The first-order chi connectivity index (χ1) is 9.60. The van der Waals surface area contributed by atoms with Crippen molar-refractivity contribution in [3.63, 3.8) is 0 Å². The second-order valence-corrected chi connectivity index (χ2v) is 4.49. The molecule has 0 N–H and O–H groups in total. The maximum atomic E-state index is 13.1. The summed E-state index contributed by atoms with van der Waals surface area (Å²) < 4.78 is 36.4. The molecule has 1 aromatic carbocycles. The van der Waals surface area contributed by atoms with Crippen molar-refractivity contribution in [3.8, 4) is 5.75 Å². The van der Waals surface area contributed by atoms with Crippen molar-refractivity contribution in [1.29, 1.82) is 0 Å². The van der Waals surface area contributed by atoms with Crippen LogP contribution in [-0.2, 0) is 6.42 Å². The van der Waals surface area contributed by atoms with E-state index in [0.29, 0.717) is 11.7 Å². The van der Waals surface area contributed by atoms with Crippen LogP contribution in [0.1, 0.15) is 44.5 Å². The van der Waals surface area contributed by atoms with Crippen molar-refractivity contribution in [2.24, 2.45) is 0 Å². The lowest BCUT2D eigenvalue weighted by Crippen LogP contribution is -2.04. The van der Waals surface area contributed by atoms with Crippen LogP contribution in [0, 0.1) is 11.6 Å². The number of ether oxygens (including phenoxy) is 1. The van der Waals surface area contributed by atoms with Crippen LogP contribution < -0.4 is 4.74 Å². The Kier molecular flexibility index (Phi) is 4.65. The highest BCUT2D eigenvalue weighted by atomic mass is 19.2. The first kappa shape index (κ1) is 14.4. The molecule has 1 heterocycles. The van der Waals surface area contributed by atoms with E-state index in [4.69, 9.17) is 9.26 Å². The van der Waals surface area contributed by atoms with Gasteiger partial charge in [-0.15, -0.1) is 0 Å². The van der Waals surface area contributed by atoms with Gasteiger partial charge in [0.15, 0.2) is 23.6 Å². The molecule has 20 heavy (non-hydrogen) atoms. The molecule has 0 amide bonds. The second kappa shape index (κ2) is 6.45. The number of benzene rings is 1. The number of aromatic nitrogens is 2. The van der Waals surface area contributed by atoms with E-state index in [2.05, 4.69) is 17.1 Å². The lowest BCUT2D eigenvalue weighted by Gasteiger charge is -2.10. The van der Waals surface area contributed by atoms with E-state index in [1.54, 1.807) is 6.92 Å². The molecule has 2 aromatic rings. The molecule has 0 radical (unpaired) electrons.